The van der Waals surface area contributed by atoms with Crippen molar-refractivity contribution < 1.29 is 47.7 Å². The van der Waals surface area contributed by atoms with Crippen molar-refractivity contribution in [2.24, 2.45) is 0 Å². The number of hydrogen-bond donors (Lipinski definition) is 1. The molecule has 0 spiro atoms. The van der Waals surface area contributed by atoms with Crippen molar-refractivity contribution in [3.63, 3.8) is 0 Å². The van der Waals surface area contributed by atoms with Gasteiger partial charge in [-0.25, -0.2) is 0 Å². The molecule has 11 nitrogen and oxygen atoms in total. The van der Waals surface area contributed by atoms with Crippen molar-refractivity contribution in [2.45, 2.75) is 97.4 Å². The fourth-order valence-electron chi connectivity index (χ4n) is 2.82. The zero-order chi connectivity index (χ0) is 24.3. The Kier molecular flexibility index (Phi) is 11.7. The number of carbonyl (C=O) groups excluding carboxylic acids is 5. The maximum Gasteiger partial charge on any atom is 0.307 e. The number of nitrogens with one attached hydrogen (secondary N) is 1. The number of ether oxygens (including phenoxy) is 5. The van der Waals surface area contributed by atoms with E-state index in [1.54, 1.807) is 34.6 Å². The second kappa shape index (κ2) is 13.7. The Balaban J connectivity index is 3.40. The van der Waals surface area contributed by atoms with Crippen LogP contribution in [-0.2, 0) is 47.7 Å². The molecule has 0 aromatic heterocycles. The van der Waals surface area contributed by atoms with Crippen molar-refractivity contribution in [1.82, 2.24) is 5.32 Å². The summed E-state index contributed by atoms with van der Waals surface area (Å²) in [6, 6.07) is -1.15. The predicted octanol–water partition coefficient (Wildman–Crippen LogP) is 1.16. The minimum absolute atomic E-state index is 0.00907. The van der Waals surface area contributed by atoms with E-state index in [4.69, 9.17) is 23.7 Å². The van der Waals surface area contributed by atoms with Gasteiger partial charge in [0.1, 0.15) is 18.8 Å². The van der Waals surface area contributed by atoms with Crippen LogP contribution in [0.4, 0.5) is 0 Å². The third-order valence-corrected chi connectivity index (χ3v) is 4.64. The summed E-state index contributed by atoms with van der Waals surface area (Å²) < 4.78 is 27.3. The van der Waals surface area contributed by atoms with Crippen LogP contribution in [0, 0.1) is 0 Å². The molecule has 2 unspecified atom stereocenters. The standard InChI is InChI=1S/C21H33NO10/c1-6-13(23)22-18-20(31-16(26)9-4)19(30-15(25)8-3)12(11-28-14(24)7-2)29-21(18)32-17(27)10-5/h12,18-21H,6-11H2,1-5H3,(H,22,23)/t12?,18?,19-,20-,21-/m1/s1. The summed E-state index contributed by atoms with van der Waals surface area (Å²) in [5, 5.41) is 2.63. The molecule has 0 saturated carbocycles. The molecule has 1 aliphatic rings. The van der Waals surface area contributed by atoms with E-state index in [-0.39, 0.29) is 38.7 Å². The molecule has 1 heterocycles. The van der Waals surface area contributed by atoms with Gasteiger partial charge >= 0.3 is 23.9 Å². The quantitative estimate of drug-likeness (QED) is 0.353. The molecule has 5 atom stereocenters. The largest absolute Gasteiger partial charge is 0.463 e. The zero-order valence-electron chi connectivity index (χ0n) is 19.2. The first kappa shape index (κ1) is 27.3. The van der Waals surface area contributed by atoms with Crippen molar-refractivity contribution in [1.29, 1.82) is 0 Å². The monoisotopic (exact) mass is 459 g/mol. The summed E-state index contributed by atoms with van der Waals surface area (Å²) >= 11 is 0. The molecule has 0 aromatic carbocycles. The molecule has 1 rings (SSSR count). The molecule has 1 aliphatic heterocycles. The van der Waals surface area contributed by atoms with E-state index in [0.717, 1.165) is 0 Å². The first-order valence-corrected chi connectivity index (χ1v) is 10.9. The molecule has 0 bridgehead atoms. The molecule has 32 heavy (non-hydrogen) atoms. The Morgan fingerprint density at radius 2 is 1.19 bits per heavy atom. The van der Waals surface area contributed by atoms with Gasteiger partial charge in [-0.05, 0) is 0 Å². The molecule has 1 amide bonds. The van der Waals surface area contributed by atoms with Gasteiger partial charge in [-0.15, -0.1) is 0 Å². The molecule has 182 valence electrons. The molecular weight excluding hydrogens is 426 g/mol. The van der Waals surface area contributed by atoms with Crippen LogP contribution >= 0.6 is 0 Å². The Morgan fingerprint density at radius 3 is 1.69 bits per heavy atom. The first-order chi connectivity index (χ1) is 15.2. The average molecular weight is 459 g/mol. The molecule has 0 aromatic rings. The zero-order valence-corrected chi connectivity index (χ0v) is 19.2. The van der Waals surface area contributed by atoms with E-state index in [1.807, 2.05) is 0 Å². The number of amides is 1. The van der Waals surface area contributed by atoms with Gasteiger partial charge in [-0.2, -0.15) is 0 Å². The van der Waals surface area contributed by atoms with Crippen LogP contribution < -0.4 is 5.32 Å². The Bertz CT molecular complexity index is 679. The Labute approximate surface area is 187 Å². The van der Waals surface area contributed by atoms with Crippen molar-refractivity contribution in [3.05, 3.63) is 0 Å². The highest BCUT2D eigenvalue weighted by Crippen LogP contribution is 2.28. The molecule has 1 N–H and O–H groups in total. The second-order valence-corrected chi connectivity index (χ2v) is 6.99. The first-order valence-electron chi connectivity index (χ1n) is 10.9. The summed E-state index contributed by atoms with van der Waals surface area (Å²) in [6.07, 6.45) is -4.70. The van der Waals surface area contributed by atoms with Crippen molar-refractivity contribution in [3.8, 4) is 0 Å². The van der Waals surface area contributed by atoms with Gasteiger partial charge in [0.15, 0.2) is 12.2 Å². The van der Waals surface area contributed by atoms with Gasteiger partial charge in [-0.1, -0.05) is 34.6 Å². The Morgan fingerprint density at radius 1 is 0.688 bits per heavy atom. The van der Waals surface area contributed by atoms with Gasteiger partial charge in [0.2, 0.25) is 12.2 Å². The topological polar surface area (TPSA) is 144 Å². The highest BCUT2D eigenvalue weighted by molar-refractivity contribution is 5.76. The fourth-order valence-corrected chi connectivity index (χ4v) is 2.82. The number of carbonyl (C=O) groups is 5. The minimum Gasteiger partial charge on any atom is -0.463 e. The maximum atomic E-state index is 12.2. The summed E-state index contributed by atoms with van der Waals surface area (Å²) in [5.74, 6) is -2.83. The van der Waals surface area contributed by atoms with E-state index in [0.29, 0.717) is 0 Å². The second-order valence-electron chi connectivity index (χ2n) is 6.99. The van der Waals surface area contributed by atoms with Crippen LogP contribution in [0.15, 0.2) is 0 Å². The number of rotatable bonds is 11. The lowest BCUT2D eigenvalue weighted by Gasteiger charge is -2.44. The predicted molar refractivity (Wildman–Crippen MR) is 109 cm³/mol. The molecule has 0 radical (unpaired) electrons. The highest BCUT2D eigenvalue weighted by Gasteiger charge is 2.52. The van der Waals surface area contributed by atoms with Crippen LogP contribution in [0.3, 0.4) is 0 Å². The summed E-state index contributed by atoms with van der Waals surface area (Å²) in [6.45, 7) is 7.60. The normalized spacial score (nSPS) is 24.7. The average Bonchev–Trinajstić information content (AvgIpc) is 2.80. The van der Waals surface area contributed by atoms with Gasteiger partial charge in [0, 0.05) is 32.1 Å². The fraction of sp³-hybridized carbons (Fsp3) is 0.762. The molecule has 1 fully saturated rings. The summed E-state index contributed by atoms with van der Waals surface area (Å²) in [5.41, 5.74) is 0. The third-order valence-electron chi connectivity index (χ3n) is 4.64. The van der Waals surface area contributed by atoms with Crippen molar-refractivity contribution in [2.75, 3.05) is 6.61 Å². The Hall–Kier alpha value is -2.69. The highest BCUT2D eigenvalue weighted by atomic mass is 16.7. The van der Waals surface area contributed by atoms with Gasteiger partial charge in [-0.3, -0.25) is 24.0 Å². The van der Waals surface area contributed by atoms with Gasteiger partial charge in [0.25, 0.3) is 0 Å². The summed E-state index contributed by atoms with van der Waals surface area (Å²) in [4.78, 5) is 60.2. The lowest BCUT2D eigenvalue weighted by Crippen LogP contribution is -2.67. The molecular formula is C21H33NO10. The van der Waals surface area contributed by atoms with E-state index in [2.05, 4.69) is 5.32 Å². The van der Waals surface area contributed by atoms with E-state index in [9.17, 15) is 24.0 Å². The van der Waals surface area contributed by atoms with Gasteiger partial charge < -0.3 is 29.0 Å². The minimum atomic E-state index is -1.37. The molecule has 11 heteroatoms. The SMILES string of the molecule is CCC(=O)NC1[C@@H](OC(=O)CC)OC(COC(=O)CC)[C@@H](OC(=O)CC)[C@@H]1OC(=O)CC. The maximum absolute atomic E-state index is 12.2. The smallest absolute Gasteiger partial charge is 0.307 e. The lowest BCUT2D eigenvalue weighted by atomic mass is 9.95. The summed E-state index contributed by atoms with van der Waals surface area (Å²) in [7, 11) is 0. The van der Waals surface area contributed by atoms with Crippen LogP contribution in [0.5, 0.6) is 0 Å². The van der Waals surface area contributed by atoms with Crippen LogP contribution in [0.25, 0.3) is 0 Å². The lowest BCUT2D eigenvalue weighted by molar-refractivity contribution is -0.272. The third kappa shape index (κ3) is 8.10. The van der Waals surface area contributed by atoms with E-state index >= 15 is 0 Å². The van der Waals surface area contributed by atoms with Crippen LogP contribution in [0.2, 0.25) is 0 Å². The molecule has 1 saturated heterocycles. The van der Waals surface area contributed by atoms with E-state index in [1.165, 1.54) is 0 Å². The van der Waals surface area contributed by atoms with Crippen LogP contribution in [-0.4, -0.2) is 67.0 Å². The van der Waals surface area contributed by atoms with Crippen LogP contribution in [0.1, 0.15) is 66.7 Å². The molecule has 0 aliphatic carbocycles. The van der Waals surface area contributed by atoms with Crippen molar-refractivity contribution >= 4 is 29.8 Å². The number of esters is 4. The number of hydrogen-bond acceptors (Lipinski definition) is 10. The van der Waals surface area contributed by atoms with Gasteiger partial charge in [0.05, 0.1) is 0 Å². The van der Waals surface area contributed by atoms with E-state index < -0.39 is 60.4 Å².